The van der Waals surface area contributed by atoms with Crippen molar-refractivity contribution in [3.63, 3.8) is 0 Å². The van der Waals surface area contributed by atoms with Gasteiger partial charge >= 0.3 is 0 Å². The molecule has 1 amide bonds. The molecule has 0 saturated carbocycles. The summed E-state index contributed by atoms with van der Waals surface area (Å²) in [5, 5.41) is 4.11. The Morgan fingerprint density at radius 1 is 1.35 bits per heavy atom. The predicted octanol–water partition coefficient (Wildman–Crippen LogP) is 4.45. The Labute approximate surface area is 143 Å². The number of aromatic nitrogens is 1. The van der Waals surface area contributed by atoms with E-state index < -0.39 is 0 Å². The van der Waals surface area contributed by atoms with E-state index in [0.717, 1.165) is 27.1 Å². The summed E-state index contributed by atoms with van der Waals surface area (Å²) in [6, 6.07) is 11.2. The number of fused-ring (bicyclic) bond motifs is 1. The molecule has 6 heteroatoms. The van der Waals surface area contributed by atoms with Crippen LogP contribution >= 0.6 is 22.9 Å². The van der Waals surface area contributed by atoms with Gasteiger partial charge in [0.2, 0.25) is 5.91 Å². The first-order chi connectivity index (χ1) is 11.1. The number of carbonyl (C=O) groups is 1. The highest BCUT2D eigenvalue weighted by molar-refractivity contribution is 7.22. The Bertz CT molecular complexity index is 876. The molecular formula is C17H15ClN2O2S. The monoisotopic (exact) mass is 346 g/mol. The number of hydrogen-bond donors (Lipinski definition) is 1. The zero-order valence-corrected chi connectivity index (χ0v) is 14.3. The molecule has 3 aromatic rings. The molecule has 0 unspecified atom stereocenters. The summed E-state index contributed by atoms with van der Waals surface area (Å²) in [4.78, 5) is 16.7. The van der Waals surface area contributed by atoms with E-state index in [0.29, 0.717) is 10.2 Å². The molecule has 0 radical (unpaired) electrons. The minimum Gasteiger partial charge on any atom is -0.497 e. The molecule has 0 aliphatic heterocycles. The minimum absolute atomic E-state index is 0.110. The van der Waals surface area contributed by atoms with Crippen LogP contribution < -0.4 is 10.1 Å². The largest absolute Gasteiger partial charge is 0.497 e. The van der Waals surface area contributed by atoms with Crippen molar-refractivity contribution in [2.75, 3.05) is 12.4 Å². The number of hydrogen-bond acceptors (Lipinski definition) is 4. The zero-order valence-electron chi connectivity index (χ0n) is 12.7. The van der Waals surface area contributed by atoms with Crippen LogP contribution in [-0.2, 0) is 11.2 Å². The van der Waals surface area contributed by atoms with Crippen LogP contribution in [0.2, 0.25) is 5.02 Å². The van der Waals surface area contributed by atoms with Crippen LogP contribution in [0.3, 0.4) is 0 Å². The fraction of sp³-hybridized carbons (Fsp3) is 0.176. The summed E-state index contributed by atoms with van der Waals surface area (Å²) >= 11 is 7.54. The van der Waals surface area contributed by atoms with Crippen molar-refractivity contribution in [1.29, 1.82) is 0 Å². The lowest BCUT2D eigenvalue weighted by molar-refractivity contribution is -0.115. The maximum absolute atomic E-state index is 12.2. The molecule has 0 atom stereocenters. The number of aryl methyl sites for hydroxylation is 1. The molecular weight excluding hydrogens is 332 g/mol. The van der Waals surface area contributed by atoms with Crippen LogP contribution in [-0.4, -0.2) is 18.0 Å². The maximum atomic E-state index is 12.2. The second-order valence-corrected chi connectivity index (χ2v) is 6.55. The van der Waals surface area contributed by atoms with Crippen molar-refractivity contribution in [3.8, 4) is 5.75 Å². The van der Waals surface area contributed by atoms with Gasteiger partial charge in [0.1, 0.15) is 5.75 Å². The number of ether oxygens (including phenoxy) is 1. The SMILES string of the molecule is COc1cccc(CC(=O)Nc2nc3c(C)c(Cl)ccc3s2)c1. The van der Waals surface area contributed by atoms with E-state index in [1.807, 2.05) is 43.3 Å². The van der Waals surface area contributed by atoms with E-state index >= 15 is 0 Å². The Balaban J connectivity index is 1.76. The van der Waals surface area contributed by atoms with Crippen LogP contribution in [0.1, 0.15) is 11.1 Å². The van der Waals surface area contributed by atoms with E-state index in [2.05, 4.69) is 10.3 Å². The summed E-state index contributed by atoms with van der Waals surface area (Å²) in [6.45, 7) is 1.92. The summed E-state index contributed by atoms with van der Waals surface area (Å²) in [6.07, 6.45) is 0.271. The number of benzene rings is 2. The standard InChI is InChI=1S/C17H15ClN2O2S/c1-10-13(18)6-7-14-16(10)20-17(23-14)19-15(21)9-11-4-3-5-12(8-11)22-2/h3-8H,9H2,1-2H3,(H,19,20,21). The molecule has 4 nitrogen and oxygen atoms in total. The van der Waals surface area contributed by atoms with Gasteiger partial charge in [-0.1, -0.05) is 35.1 Å². The Morgan fingerprint density at radius 3 is 2.96 bits per heavy atom. The van der Waals surface area contributed by atoms with E-state index in [-0.39, 0.29) is 12.3 Å². The predicted molar refractivity (Wildman–Crippen MR) is 94.7 cm³/mol. The Kier molecular flexibility index (Phi) is 4.50. The number of rotatable bonds is 4. The lowest BCUT2D eigenvalue weighted by Crippen LogP contribution is -2.14. The number of halogens is 1. The van der Waals surface area contributed by atoms with Gasteiger partial charge in [-0.25, -0.2) is 4.98 Å². The van der Waals surface area contributed by atoms with Crippen LogP contribution in [0, 0.1) is 6.92 Å². The molecule has 0 fully saturated rings. The third kappa shape index (κ3) is 3.46. The quantitative estimate of drug-likeness (QED) is 0.759. The highest BCUT2D eigenvalue weighted by atomic mass is 35.5. The molecule has 0 saturated heterocycles. The van der Waals surface area contributed by atoms with Gasteiger partial charge < -0.3 is 10.1 Å². The molecule has 1 N–H and O–H groups in total. The fourth-order valence-electron chi connectivity index (χ4n) is 2.29. The Morgan fingerprint density at radius 2 is 2.17 bits per heavy atom. The van der Waals surface area contributed by atoms with Gasteiger partial charge in [0.05, 0.1) is 23.7 Å². The second-order valence-electron chi connectivity index (χ2n) is 5.11. The van der Waals surface area contributed by atoms with Crippen molar-refractivity contribution in [1.82, 2.24) is 4.98 Å². The van der Waals surface area contributed by atoms with E-state index in [9.17, 15) is 4.79 Å². The van der Waals surface area contributed by atoms with Gasteiger partial charge in [0.25, 0.3) is 0 Å². The number of thiazole rings is 1. The normalized spacial score (nSPS) is 10.7. The molecule has 0 bridgehead atoms. The third-order valence-corrected chi connectivity index (χ3v) is 4.84. The van der Waals surface area contributed by atoms with Crippen molar-refractivity contribution in [2.45, 2.75) is 13.3 Å². The van der Waals surface area contributed by atoms with Gasteiger partial charge in [-0.15, -0.1) is 0 Å². The fourth-order valence-corrected chi connectivity index (χ4v) is 3.38. The topological polar surface area (TPSA) is 51.2 Å². The summed E-state index contributed by atoms with van der Waals surface area (Å²) in [5.41, 5.74) is 2.65. The minimum atomic E-state index is -0.110. The van der Waals surface area contributed by atoms with E-state index in [1.54, 1.807) is 7.11 Å². The van der Waals surface area contributed by atoms with Crippen molar-refractivity contribution < 1.29 is 9.53 Å². The lowest BCUT2D eigenvalue weighted by Gasteiger charge is -2.04. The molecule has 0 aliphatic rings. The number of anilines is 1. The van der Waals surface area contributed by atoms with Crippen LogP contribution in [0.4, 0.5) is 5.13 Å². The highest BCUT2D eigenvalue weighted by Crippen LogP contribution is 2.31. The molecule has 1 aromatic heterocycles. The summed E-state index contributed by atoms with van der Waals surface area (Å²) < 4.78 is 6.17. The molecule has 118 valence electrons. The van der Waals surface area contributed by atoms with Gasteiger partial charge in [-0.2, -0.15) is 0 Å². The molecule has 0 aliphatic carbocycles. The number of nitrogens with one attached hydrogen (secondary N) is 1. The number of carbonyl (C=O) groups excluding carboxylic acids is 1. The number of methoxy groups -OCH3 is 1. The Hall–Kier alpha value is -2.11. The molecule has 1 heterocycles. The van der Waals surface area contributed by atoms with Gasteiger partial charge in [-0.3, -0.25) is 4.79 Å². The third-order valence-electron chi connectivity index (χ3n) is 3.49. The smallest absolute Gasteiger partial charge is 0.230 e. The second kappa shape index (κ2) is 6.56. The van der Waals surface area contributed by atoms with Crippen molar-refractivity contribution in [2.24, 2.45) is 0 Å². The first-order valence-corrected chi connectivity index (χ1v) is 8.24. The van der Waals surface area contributed by atoms with Gasteiger partial charge in [0, 0.05) is 5.02 Å². The van der Waals surface area contributed by atoms with Crippen LogP contribution in [0.5, 0.6) is 5.75 Å². The van der Waals surface area contributed by atoms with E-state index in [1.165, 1.54) is 11.3 Å². The van der Waals surface area contributed by atoms with Crippen molar-refractivity contribution >= 4 is 44.2 Å². The van der Waals surface area contributed by atoms with Gasteiger partial charge in [0.15, 0.2) is 5.13 Å². The number of amides is 1. The molecule has 2 aromatic carbocycles. The maximum Gasteiger partial charge on any atom is 0.230 e. The summed E-state index contributed by atoms with van der Waals surface area (Å²) in [7, 11) is 1.60. The molecule has 0 spiro atoms. The summed E-state index contributed by atoms with van der Waals surface area (Å²) in [5.74, 6) is 0.626. The first-order valence-electron chi connectivity index (χ1n) is 7.05. The van der Waals surface area contributed by atoms with E-state index in [4.69, 9.17) is 16.3 Å². The van der Waals surface area contributed by atoms with Crippen LogP contribution in [0.15, 0.2) is 36.4 Å². The first kappa shape index (κ1) is 15.8. The lowest BCUT2D eigenvalue weighted by atomic mass is 10.1. The average molecular weight is 347 g/mol. The zero-order chi connectivity index (χ0) is 16.4. The number of nitrogens with zero attached hydrogens (tertiary/aromatic N) is 1. The highest BCUT2D eigenvalue weighted by Gasteiger charge is 2.11. The average Bonchev–Trinajstić information content (AvgIpc) is 2.94. The molecule has 23 heavy (non-hydrogen) atoms. The van der Waals surface area contributed by atoms with Crippen LogP contribution in [0.25, 0.3) is 10.2 Å². The van der Waals surface area contributed by atoms with Crippen molar-refractivity contribution in [3.05, 3.63) is 52.5 Å². The molecule has 3 rings (SSSR count). The van der Waals surface area contributed by atoms with Gasteiger partial charge in [-0.05, 0) is 42.3 Å².